The fraction of sp³-hybridized carbons (Fsp3) is 0.588. The summed E-state index contributed by atoms with van der Waals surface area (Å²) < 4.78 is 2.33. The summed E-state index contributed by atoms with van der Waals surface area (Å²) in [6.45, 7) is 4.45. The molecule has 0 unspecified atom stereocenters. The van der Waals surface area contributed by atoms with Crippen molar-refractivity contribution in [3.63, 3.8) is 0 Å². The summed E-state index contributed by atoms with van der Waals surface area (Å²) in [6.07, 6.45) is 7.33. The van der Waals surface area contributed by atoms with Gasteiger partial charge in [-0.05, 0) is 43.0 Å². The van der Waals surface area contributed by atoms with Gasteiger partial charge in [0.2, 0.25) is 0 Å². The van der Waals surface area contributed by atoms with Gasteiger partial charge in [0.15, 0.2) is 0 Å². The SMILES string of the molecule is Cc1cc(N(CCI)CCI)ccc1C=NC1CCCC1. The Bertz CT molecular complexity index is 462. The van der Waals surface area contributed by atoms with E-state index in [1.807, 2.05) is 0 Å². The highest BCUT2D eigenvalue weighted by atomic mass is 127. The molecule has 116 valence electrons. The van der Waals surface area contributed by atoms with Crippen LogP contribution in [0.25, 0.3) is 0 Å². The molecule has 1 aromatic rings. The summed E-state index contributed by atoms with van der Waals surface area (Å²) in [5.74, 6) is 0. The molecule has 0 bridgehead atoms. The largest absolute Gasteiger partial charge is 0.370 e. The van der Waals surface area contributed by atoms with Crippen LogP contribution in [0.4, 0.5) is 5.69 Å². The molecule has 1 fully saturated rings. The van der Waals surface area contributed by atoms with Crippen LogP contribution in [0.15, 0.2) is 23.2 Å². The maximum atomic E-state index is 4.76. The van der Waals surface area contributed by atoms with E-state index in [1.165, 1.54) is 51.4 Å². The van der Waals surface area contributed by atoms with Gasteiger partial charge < -0.3 is 4.90 Å². The fourth-order valence-corrected chi connectivity index (χ4v) is 3.98. The molecule has 1 aromatic carbocycles. The molecule has 4 heteroatoms. The van der Waals surface area contributed by atoms with Gasteiger partial charge in [0, 0.05) is 39.9 Å². The topological polar surface area (TPSA) is 15.6 Å². The molecule has 2 rings (SSSR count). The van der Waals surface area contributed by atoms with Crippen molar-refractivity contribution >= 4 is 57.1 Å². The van der Waals surface area contributed by atoms with Gasteiger partial charge in [-0.25, -0.2) is 0 Å². The lowest BCUT2D eigenvalue weighted by atomic mass is 10.1. The van der Waals surface area contributed by atoms with Crippen LogP contribution in [0.5, 0.6) is 0 Å². The van der Waals surface area contributed by atoms with Crippen LogP contribution < -0.4 is 4.90 Å². The Morgan fingerprint density at radius 1 is 1.19 bits per heavy atom. The molecule has 0 atom stereocenters. The number of anilines is 1. The maximum Gasteiger partial charge on any atom is 0.0499 e. The molecule has 0 radical (unpaired) electrons. The lowest BCUT2D eigenvalue weighted by molar-refractivity contribution is 0.710. The predicted octanol–water partition coefficient (Wildman–Crippen LogP) is 5.03. The second-order valence-electron chi connectivity index (χ2n) is 5.62. The summed E-state index contributed by atoms with van der Waals surface area (Å²) in [7, 11) is 0. The first-order valence-electron chi connectivity index (χ1n) is 7.75. The standard InChI is InChI=1S/C17H24I2N2/c1-14-12-17(21(10-8-18)11-9-19)7-6-15(14)13-20-16-4-2-3-5-16/h6-7,12-13,16H,2-5,8-11H2,1H3. The van der Waals surface area contributed by atoms with E-state index in [0.29, 0.717) is 6.04 Å². The van der Waals surface area contributed by atoms with E-state index in [1.54, 1.807) is 0 Å². The van der Waals surface area contributed by atoms with Crippen LogP contribution in [-0.4, -0.2) is 34.2 Å². The Morgan fingerprint density at radius 3 is 2.43 bits per heavy atom. The average Bonchev–Trinajstić information content (AvgIpc) is 2.99. The number of benzene rings is 1. The number of aliphatic imine (C=N–C) groups is 1. The number of rotatable bonds is 7. The highest BCUT2D eigenvalue weighted by Crippen LogP contribution is 2.22. The molecule has 0 N–H and O–H groups in total. The van der Waals surface area contributed by atoms with Gasteiger partial charge in [-0.3, -0.25) is 4.99 Å². The van der Waals surface area contributed by atoms with Crippen molar-refractivity contribution < 1.29 is 0 Å². The molecule has 1 aliphatic rings. The van der Waals surface area contributed by atoms with E-state index in [2.05, 4.69) is 81.4 Å². The molecule has 2 nitrogen and oxygen atoms in total. The van der Waals surface area contributed by atoms with E-state index < -0.39 is 0 Å². The summed E-state index contributed by atoms with van der Waals surface area (Å²) in [5.41, 5.74) is 3.95. The minimum Gasteiger partial charge on any atom is -0.370 e. The maximum absolute atomic E-state index is 4.76. The second kappa shape index (κ2) is 9.33. The summed E-state index contributed by atoms with van der Waals surface area (Å²) in [6, 6.07) is 7.37. The van der Waals surface area contributed by atoms with Gasteiger partial charge in [0.1, 0.15) is 0 Å². The molecular formula is C17H24I2N2. The number of halogens is 2. The van der Waals surface area contributed by atoms with Gasteiger partial charge >= 0.3 is 0 Å². The first kappa shape index (κ1) is 17.5. The lowest BCUT2D eigenvalue weighted by Gasteiger charge is -2.23. The highest BCUT2D eigenvalue weighted by Gasteiger charge is 2.12. The Labute approximate surface area is 156 Å². The zero-order valence-electron chi connectivity index (χ0n) is 12.7. The van der Waals surface area contributed by atoms with Gasteiger partial charge in [-0.15, -0.1) is 0 Å². The number of nitrogens with zero attached hydrogens (tertiary/aromatic N) is 2. The average molecular weight is 510 g/mol. The smallest absolute Gasteiger partial charge is 0.0499 e. The Morgan fingerprint density at radius 2 is 1.86 bits per heavy atom. The summed E-state index contributed by atoms with van der Waals surface area (Å²) in [4.78, 5) is 7.24. The number of hydrogen-bond acceptors (Lipinski definition) is 2. The molecule has 0 heterocycles. The molecule has 1 saturated carbocycles. The van der Waals surface area contributed by atoms with Gasteiger partial charge in [0.25, 0.3) is 0 Å². The first-order chi connectivity index (χ1) is 10.2. The minimum atomic E-state index is 0.568. The lowest BCUT2D eigenvalue weighted by Crippen LogP contribution is -2.27. The zero-order valence-corrected chi connectivity index (χ0v) is 17.0. The van der Waals surface area contributed by atoms with Crippen molar-refractivity contribution in [3.8, 4) is 0 Å². The van der Waals surface area contributed by atoms with E-state index in [9.17, 15) is 0 Å². The Hall–Kier alpha value is 0.150. The quantitative estimate of drug-likeness (QED) is 0.286. The Kier molecular flexibility index (Phi) is 7.77. The van der Waals surface area contributed by atoms with Crippen LogP contribution in [-0.2, 0) is 0 Å². The first-order valence-corrected chi connectivity index (χ1v) is 10.8. The van der Waals surface area contributed by atoms with Gasteiger partial charge in [-0.2, -0.15) is 0 Å². The molecular weight excluding hydrogens is 486 g/mol. The van der Waals surface area contributed by atoms with Crippen molar-refractivity contribution in [2.24, 2.45) is 4.99 Å². The van der Waals surface area contributed by atoms with Crippen LogP contribution in [0.1, 0.15) is 36.8 Å². The zero-order chi connectivity index (χ0) is 15.1. The molecule has 0 aromatic heterocycles. The van der Waals surface area contributed by atoms with Crippen molar-refractivity contribution in [1.82, 2.24) is 0 Å². The van der Waals surface area contributed by atoms with Crippen LogP contribution in [0.2, 0.25) is 0 Å². The predicted molar refractivity (Wildman–Crippen MR) is 111 cm³/mol. The van der Waals surface area contributed by atoms with Gasteiger partial charge in [-0.1, -0.05) is 64.1 Å². The molecule has 0 aliphatic heterocycles. The third-order valence-corrected chi connectivity index (χ3v) is 5.04. The monoisotopic (exact) mass is 510 g/mol. The van der Waals surface area contributed by atoms with Crippen LogP contribution >= 0.6 is 45.2 Å². The van der Waals surface area contributed by atoms with Crippen molar-refractivity contribution in [2.45, 2.75) is 38.6 Å². The van der Waals surface area contributed by atoms with Crippen molar-refractivity contribution in [2.75, 3.05) is 26.8 Å². The van der Waals surface area contributed by atoms with E-state index >= 15 is 0 Å². The van der Waals surface area contributed by atoms with E-state index in [-0.39, 0.29) is 0 Å². The summed E-state index contributed by atoms with van der Waals surface area (Å²) >= 11 is 4.91. The third-order valence-electron chi connectivity index (χ3n) is 4.08. The third kappa shape index (κ3) is 5.37. The normalized spacial score (nSPS) is 16.0. The van der Waals surface area contributed by atoms with Gasteiger partial charge in [0.05, 0.1) is 0 Å². The number of hydrogen-bond donors (Lipinski definition) is 0. The molecule has 0 spiro atoms. The minimum absolute atomic E-state index is 0.568. The molecule has 0 saturated heterocycles. The fourth-order valence-electron chi connectivity index (χ4n) is 2.81. The van der Waals surface area contributed by atoms with Crippen LogP contribution in [0, 0.1) is 6.92 Å². The molecule has 0 amide bonds. The van der Waals surface area contributed by atoms with E-state index in [0.717, 1.165) is 13.1 Å². The Balaban J connectivity index is 2.08. The van der Waals surface area contributed by atoms with Crippen molar-refractivity contribution in [3.05, 3.63) is 29.3 Å². The van der Waals surface area contributed by atoms with Crippen molar-refractivity contribution in [1.29, 1.82) is 0 Å². The number of alkyl halides is 2. The number of aryl methyl sites for hydroxylation is 1. The molecule has 21 heavy (non-hydrogen) atoms. The highest BCUT2D eigenvalue weighted by molar-refractivity contribution is 14.1. The summed E-state index contributed by atoms with van der Waals surface area (Å²) in [5, 5.41) is 0. The molecule has 1 aliphatic carbocycles. The van der Waals surface area contributed by atoms with E-state index in [4.69, 9.17) is 4.99 Å². The second-order valence-corrected chi connectivity index (χ2v) is 7.78. The van der Waals surface area contributed by atoms with Crippen LogP contribution in [0.3, 0.4) is 0 Å².